The first-order valence-corrected chi connectivity index (χ1v) is 10.5. The van der Waals surface area contributed by atoms with E-state index >= 15 is 0 Å². The molecule has 1 aliphatic carbocycles. The van der Waals surface area contributed by atoms with Crippen LogP contribution in [0.2, 0.25) is 5.02 Å². The Morgan fingerprint density at radius 1 is 1.20 bits per heavy atom. The third kappa shape index (κ3) is 2.70. The van der Waals surface area contributed by atoms with Crippen LogP contribution in [0.3, 0.4) is 0 Å². The van der Waals surface area contributed by atoms with E-state index in [0.29, 0.717) is 6.61 Å². The van der Waals surface area contributed by atoms with Gasteiger partial charge in [-0.25, -0.2) is 0 Å². The van der Waals surface area contributed by atoms with E-state index in [2.05, 4.69) is 4.98 Å². The quantitative estimate of drug-likeness (QED) is 0.713. The number of allylic oxidation sites excluding steroid dienone is 1. The van der Waals surface area contributed by atoms with Crippen LogP contribution in [0.15, 0.2) is 42.3 Å². The predicted octanol–water partition coefficient (Wildman–Crippen LogP) is 3.24. The molecule has 1 aromatic carbocycles. The molecular formula is C19H16ClNO3Se. The van der Waals surface area contributed by atoms with E-state index in [9.17, 15) is 4.79 Å². The molecule has 0 radical (unpaired) electrons. The first kappa shape index (κ1) is 15.8. The minimum absolute atomic E-state index is 0.00213. The molecule has 25 heavy (non-hydrogen) atoms. The van der Waals surface area contributed by atoms with Gasteiger partial charge in [-0.1, -0.05) is 0 Å². The van der Waals surface area contributed by atoms with Crippen LogP contribution < -0.4 is 0 Å². The molecule has 4 atom stereocenters. The number of ketones is 1. The average Bonchev–Trinajstić information content (AvgIpc) is 3.37. The molecule has 3 aliphatic rings. The van der Waals surface area contributed by atoms with E-state index in [0.717, 1.165) is 33.8 Å². The fraction of sp³-hybridized carbons (Fsp3) is 0.368. The number of benzene rings is 1. The Balaban J connectivity index is 1.29. The van der Waals surface area contributed by atoms with E-state index in [1.165, 1.54) is 4.44 Å². The van der Waals surface area contributed by atoms with Crippen LogP contribution in [0.1, 0.15) is 17.3 Å². The number of carbonyl (C=O) groups is 1. The van der Waals surface area contributed by atoms with Crippen molar-refractivity contribution in [3.63, 3.8) is 0 Å². The van der Waals surface area contributed by atoms with Crippen LogP contribution in [0.25, 0.3) is 10.1 Å². The van der Waals surface area contributed by atoms with Crippen molar-refractivity contribution in [3.05, 3.63) is 51.8 Å². The summed E-state index contributed by atoms with van der Waals surface area (Å²) in [6, 6.07) is 7.76. The summed E-state index contributed by atoms with van der Waals surface area (Å²) in [5.74, 6) is 1.13. The number of aromatic nitrogens is 1. The van der Waals surface area contributed by atoms with Gasteiger partial charge in [-0.05, 0) is 0 Å². The summed E-state index contributed by atoms with van der Waals surface area (Å²) in [6.07, 6.45) is 5.91. The van der Waals surface area contributed by atoms with Gasteiger partial charge < -0.3 is 0 Å². The Hall–Kier alpha value is -1.39. The fourth-order valence-electron chi connectivity index (χ4n) is 4.13. The molecule has 3 heterocycles. The molecule has 2 saturated heterocycles. The first-order chi connectivity index (χ1) is 12.2. The number of fused-ring (bicyclic) bond motifs is 5. The second-order valence-corrected chi connectivity index (χ2v) is 9.49. The Kier molecular flexibility index (Phi) is 3.86. The van der Waals surface area contributed by atoms with Gasteiger partial charge in [-0.3, -0.25) is 0 Å². The number of carbonyl (C=O) groups excluding carboxylic acids is 1. The minimum atomic E-state index is -0.00213. The summed E-state index contributed by atoms with van der Waals surface area (Å²) < 4.78 is 14.2. The van der Waals surface area contributed by atoms with Crippen LogP contribution in [0.4, 0.5) is 0 Å². The van der Waals surface area contributed by atoms with E-state index in [1.807, 2.05) is 30.5 Å². The van der Waals surface area contributed by atoms with E-state index in [-0.39, 0.29) is 44.3 Å². The number of halogens is 1. The fourth-order valence-corrected chi connectivity index (χ4v) is 5.99. The number of rotatable bonds is 4. The number of hydrogen-bond donors (Lipinski definition) is 0. The molecular weight excluding hydrogens is 405 g/mol. The zero-order valence-electron chi connectivity index (χ0n) is 13.4. The summed E-state index contributed by atoms with van der Waals surface area (Å²) in [6.45, 7) is 0.500. The maximum atomic E-state index is 12.2. The topological polar surface area (TPSA) is 48.4 Å². The maximum absolute atomic E-state index is 12.2. The van der Waals surface area contributed by atoms with Crippen molar-refractivity contribution in [1.29, 1.82) is 0 Å². The second kappa shape index (κ2) is 6.10. The van der Waals surface area contributed by atoms with Crippen LogP contribution in [0, 0.1) is 11.8 Å². The van der Waals surface area contributed by atoms with Gasteiger partial charge in [0.25, 0.3) is 0 Å². The van der Waals surface area contributed by atoms with Crippen LogP contribution in [0.5, 0.6) is 0 Å². The molecule has 2 aromatic rings. The Morgan fingerprint density at radius 2 is 1.96 bits per heavy atom. The van der Waals surface area contributed by atoms with Crippen molar-refractivity contribution in [2.24, 2.45) is 11.8 Å². The molecule has 0 amide bonds. The molecule has 4 nitrogen and oxygen atoms in total. The Labute approximate surface area is 156 Å². The molecule has 6 heteroatoms. The molecule has 0 N–H and O–H groups in total. The summed E-state index contributed by atoms with van der Waals surface area (Å²) in [5, 5.41) is 0.729. The summed E-state index contributed by atoms with van der Waals surface area (Å²) >= 11 is 6.08. The standard InChI is InChI=1S/C19H16ClNO3Se/c20-11-3-1-10(2-4-11)19-21-8-12(25-19)9-23-16-7-13(22)17-14-5-6-15(24-14)18(16)17/h1-4,7-8,14-15,17-18H,5-6,9H2/t14?,15?,17-,18-/m1/s1. The molecule has 2 fully saturated rings. The molecule has 1 aromatic heterocycles. The molecule has 2 aliphatic heterocycles. The van der Waals surface area contributed by atoms with Crippen molar-refractivity contribution in [3.8, 4) is 10.1 Å². The Bertz CT molecular complexity index is 860. The van der Waals surface area contributed by atoms with Crippen molar-refractivity contribution >= 4 is 31.9 Å². The SMILES string of the molecule is O=C1C=C(OCc2cnc(-c3ccc(Cl)cc3)[se]2)[C@H]2C3CCC(O3)[C@@H]12. The third-order valence-corrected chi connectivity index (χ3v) is 7.63. The van der Waals surface area contributed by atoms with Crippen LogP contribution >= 0.6 is 11.6 Å². The van der Waals surface area contributed by atoms with Crippen LogP contribution in [-0.4, -0.2) is 37.5 Å². The first-order valence-electron chi connectivity index (χ1n) is 8.43. The number of nitrogens with zero attached hydrogens (tertiary/aromatic N) is 1. The number of hydrogen-bond acceptors (Lipinski definition) is 4. The third-order valence-electron chi connectivity index (χ3n) is 5.24. The summed E-state index contributed by atoms with van der Waals surface area (Å²) in [4.78, 5) is 16.8. The average molecular weight is 421 g/mol. The predicted molar refractivity (Wildman–Crippen MR) is 94.4 cm³/mol. The van der Waals surface area contributed by atoms with E-state index < -0.39 is 0 Å². The van der Waals surface area contributed by atoms with Crippen LogP contribution in [-0.2, 0) is 20.9 Å². The monoisotopic (exact) mass is 421 g/mol. The van der Waals surface area contributed by atoms with Gasteiger partial charge in [0.1, 0.15) is 0 Å². The summed E-state index contributed by atoms with van der Waals surface area (Å²) in [7, 11) is 0. The van der Waals surface area contributed by atoms with Crippen molar-refractivity contribution < 1.29 is 14.3 Å². The Morgan fingerprint density at radius 3 is 2.76 bits per heavy atom. The molecule has 0 saturated carbocycles. The van der Waals surface area contributed by atoms with E-state index in [4.69, 9.17) is 21.1 Å². The van der Waals surface area contributed by atoms with Gasteiger partial charge >= 0.3 is 157 Å². The molecule has 5 rings (SSSR count). The molecule has 128 valence electrons. The van der Waals surface area contributed by atoms with Gasteiger partial charge in [0, 0.05) is 0 Å². The zero-order chi connectivity index (χ0) is 17.0. The molecule has 2 unspecified atom stereocenters. The normalized spacial score (nSPS) is 29.8. The van der Waals surface area contributed by atoms with Crippen molar-refractivity contribution in [2.45, 2.75) is 31.7 Å². The van der Waals surface area contributed by atoms with Gasteiger partial charge in [0.15, 0.2) is 0 Å². The number of ether oxygens (including phenoxy) is 2. The second-order valence-electron chi connectivity index (χ2n) is 6.72. The van der Waals surface area contributed by atoms with Gasteiger partial charge in [0.2, 0.25) is 0 Å². The van der Waals surface area contributed by atoms with Gasteiger partial charge in [0.05, 0.1) is 0 Å². The van der Waals surface area contributed by atoms with Crippen molar-refractivity contribution in [2.75, 3.05) is 0 Å². The van der Waals surface area contributed by atoms with E-state index in [1.54, 1.807) is 6.08 Å². The van der Waals surface area contributed by atoms with Gasteiger partial charge in [-0.2, -0.15) is 0 Å². The van der Waals surface area contributed by atoms with Crippen molar-refractivity contribution in [1.82, 2.24) is 4.98 Å². The van der Waals surface area contributed by atoms with Gasteiger partial charge in [-0.15, -0.1) is 0 Å². The zero-order valence-corrected chi connectivity index (χ0v) is 15.8. The molecule has 0 spiro atoms. The molecule has 2 bridgehead atoms. The summed E-state index contributed by atoms with van der Waals surface area (Å²) in [5.41, 5.74) is 1.10.